The van der Waals surface area contributed by atoms with E-state index in [4.69, 9.17) is 0 Å². The Balaban J connectivity index is 2.31. The number of carbonyl (C=O) groups is 1. The second-order valence-electron chi connectivity index (χ2n) is 4.58. The van der Waals surface area contributed by atoms with Crippen molar-refractivity contribution in [1.82, 2.24) is 4.90 Å². The minimum atomic E-state index is -0.485. The Bertz CT molecular complexity index is 617. The molecule has 20 heavy (non-hydrogen) atoms. The van der Waals surface area contributed by atoms with Gasteiger partial charge in [-0.3, -0.25) is 14.9 Å². The van der Waals surface area contributed by atoms with E-state index in [0.29, 0.717) is 17.0 Å². The molecule has 1 aliphatic rings. The molecule has 0 saturated carbocycles. The highest BCUT2D eigenvalue weighted by atomic mass is 16.6. The lowest BCUT2D eigenvalue weighted by Gasteiger charge is -2.12. The molecule has 0 fully saturated rings. The van der Waals surface area contributed by atoms with Gasteiger partial charge >= 0.3 is 0 Å². The number of nitro groups is 1. The zero-order valence-electron chi connectivity index (χ0n) is 11.4. The van der Waals surface area contributed by atoms with Crippen molar-refractivity contribution in [3.05, 3.63) is 46.2 Å². The summed E-state index contributed by atoms with van der Waals surface area (Å²) in [4.78, 5) is 24.1. The molecule has 2 rings (SSSR count). The highest BCUT2D eigenvalue weighted by Gasteiger charge is 2.29. The molecule has 104 valence electrons. The Kier molecular flexibility index (Phi) is 3.51. The van der Waals surface area contributed by atoms with Crippen LogP contribution in [-0.4, -0.2) is 35.5 Å². The van der Waals surface area contributed by atoms with Crippen molar-refractivity contribution < 1.29 is 9.72 Å². The third-order valence-electron chi connectivity index (χ3n) is 2.75. The molecule has 1 aromatic carbocycles. The van der Waals surface area contributed by atoms with Crippen molar-refractivity contribution in [2.75, 3.05) is 19.1 Å². The Morgan fingerprint density at radius 2 is 1.90 bits per heavy atom. The Hall–Kier alpha value is -2.70. The number of nitrogens with zero attached hydrogens (tertiary/aromatic N) is 4. The molecule has 0 saturated heterocycles. The fraction of sp³-hybridized carbons (Fsp3) is 0.231. The lowest BCUT2D eigenvalue weighted by molar-refractivity contribution is -0.384. The van der Waals surface area contributed by atoms with Gasteiger partial charge in [0.15, 0.2) is 0 Å². The molecule has 7 nitrogen and oxygen atoms in total. The first kappa shape index (κ1) is 13.7. The third kappa shape index (κ3) is 2.51. The average Bonchev–Trinajstić information content (AvgIpc) is 2.66. The van der Waals surface area contributed by atoms with E-state index in [1.807, 2.05) is 14.1 Å². The first-order valence-electron chi connectivity index (χ1n) is 5.93. The van der Waals surface area contributed by atoms with Gasteiger partial charge < -0.3 is 4.90 Å². The molecule has 0 N–H and O–H groups in total. The van der Waals surface area contributed by atoms with Gasteiger partial charge in [0.25, 0.3) is 11.6 Å². The van der Waals surface area contributed by atoms with E-state index in [2.05, 4.69) is 5.10 Å². The summed E-state index contributed by atoms with van der Waals surface area (Å²) in [5.41, 5.74) is 1.60. The maximum Gasteiger partial charge on any atom is 0.282 e. The van der Waals surface area contributed by atoms with Crippen molar-refractivity contribution in [3.8, 4) is 0 Å². The van der Waals surface area contributed by atoms with Gasteiger partial charge in [-0.05, 0) is 19.1 Å². The van der Waals surface area contributed by atoms with Gasteiger partial charge in [-0.1, -0.05) is 0 Å². The van der Waals surface area contributed by atoms with E-state index in [9.17, 15) is 14.9 Å². The van der Waals surface area contributed by atoms with Gasteiger partial charge in [-0.2, -0.15) is 10.1 Å². The zero-order chi connectivity index (χ0) is 14.9. The van der Waals surface area contributed by atoms with Crippen LogP contribution in [0.3, 0.4) is 0 Å². The predicted molar refractivity (Wildman–Crippen MR) is 75.5 cm³/mol. The van der Waals surface area contributed by atoms with Crippen LogP contribution in [0.4, 0.5) is 11.4 Å². The fourth-order valence-electron chi connectivity index (χ4n) is 1.82. The minimum Gasteiger partial charge on any atom is -0.383 e. The van der Waals surface area contributed by atoms with E-state index < -0.39 is 4.92 Å². The smallest absolute Gasteiger partial charge is 0.282 e. The second kappa shape index (κ2) is 5.12. The summed E-state index contributed by atoms with van der Waals surface area (Å²) in [7, 11) is 3.64. The molecule has 0 unspecified atom stereocenters. The number of anilines is 1. The second-order valence-corrected chi connectivity index (χ2v) is 4.58. The van der Waals surface area contributed by atoms with Crippen LogP contribution in [0.1, 0.15) is 6.92 Å². The van der Waals surface area contributed by atoms with Crippen LogP contribution >= 0.6 is 0 Å². The van der Waals surface area contributed by atoms with E-state index in [1.54, 1.807) is 18.0 Å². The third-order valence-corrected chi connectivity index (χ3v) is 2.75. The highest BCUT2D eigenvalue weighted by molar-refractivity contribution is 6.29. The van der Waals surface area contributed by atoms with Crippen molar-refractivity contribution in [1.29, 1.82) is 0 Å². The number of amides is 1. The summed E-state index contributed by atoms with van der Waals surface area (Å²) in [6.07, 6.45) is 1.70. The van der Waals surface area contributed by atoms with E-state index >= 15 is 0 Å². The van der Waals surface area contributed by atoms with Gasteiger partial charge in [0.1, 0.15) is 0 Å². The van der Waals surface area contributed by atoms with Crippen LogP contribution in [0.15, 0.2) is 41.1 Å². The average molecular weight is 274 g/mol. The molecule has 0 aromatic heterocycles. The number of nitro benzene ring substituents is 1. The Morgan fingerprint density at radius 3 is 2.40 bits per heavy atom. The Labute approximate surface area is 115 Å². The van der Waals surface area contributed by atoms with Crippen molar-refractivity contribution >= 4 is 23.0 Å². The van der Waals surface area contributed by atoms with Crippen LogP contribution in [0.25, 0.3) is 0 Å². The number of hydrazone groups is 1. The van der Waals surface area contributed by atoms with Gasteiger partial charge in [0.2, 0.25) is 0 Å². The van der Waals surface area contributed by atoms with E-state index in [0.717, 1.165) is 0 Å². The number of benzene rings is 1. The van der Waals surface area contributed by atoms with Gasteiger partial charge in [-0.25, -0.2) is 0 Å². The molecule has 1 aliphatic heterocycles. The molecule has 1 aromatic rings. The molecular weight excluding hydrogens is 260 g/mol. The number of carbonyl (C=O) groups excluding carboxylic acids is 1. The van der Waals surface area contributed by atoms with Crippen molar-refractivity contribution in [2.24, 2.45) is 5.10 Å². The van der Waals surface area contributed by atoms with Gasteiger partial charge in [0.05, 0.1) is 21.9 Å². The van der Waals surface area contributed by atoms with E-state index in [1.165, 1.54) is 29.3 Å². The summed E-state index contributed by atoms with van der Waals surface area (Å²) in [6, 6.07) is 5.71. The molecule has 0 atom stereocenters. The van der Waals surface area contributed by atoms with Crippen LogP contribution < -0.4 is 5.01 Å². The number of non-ortho nitro benzene ring substituents is 1. The normalized spacial score (nSPS) is 16.6. The zero-order valence-corrected chi connectivity index (χ0v) is 11.4. The molecule has 0 aliphatic carbocycles. The summed E-state index contributed by atoms with van der Waals surface area (Å²) < 4.78 is 0. The topological polar surface area (TPSA) is 79.0 Å². The van der Waals surface area contributed by atoms with E-state index in [-0.39, 0.29) is 11.6 Å². The first-order valence-corrected chi connectivity index (χ1v) is 5.93. The minimum absolute atomic E-state index is 0.0230. The van der Waals surface area contributed by atoms with Crippen LogP contribution in [0, 0.1) is 10.1 Å². The largest absolute Gasteiger partial charge is 0.383 e. The van der Waals surface area contributed by atoms with Crippen LogP contribution in [0.5, 0.6) is 0 Å². The SMILES string of the molecule is CC1=NN(c2ccc([N+](=O)[O-])cc2)C(=O)/C1=C\N(C)C. The standard InChI is InChI=1S/C13H14N4O3/c1-9-12(8-15(2)3)13(18)16(14-9)10-4-6-11(7-5-10)17(19)20/h4-8H,1-3H3/b12-8-. The first-order chi connectivity index (χ1) is 9.40. The molecule has 1 amide bonds. The number of hydrogen-bond acceptors (Lipinski definition) is 5. The van der Waals surface area contributed by atoms with Gasteiger partial charge in [0, 0.05) is 32.4 Å². The number of hydrogen-bond donors (Lipinski definition) is 0. The molecule has 1 heterocycles. The maximum atomic E-state index is 12.3. The molecular formula is C13H14N4O3. The lowest BCUT2D eigenvalue weighted by atomic mass is 10.2. The maximum absolute atomic E-state index is 12.3. The predicted octanol–water partition coefficient (Wildman–Crippen LogP) is 1.76. The van der Waals surface area contributed by atoms with Crippen LogP contribution in [-0.2, 0) is 4.79 Å². The molecule has 0 bridgehead atoms. The summed E-state index contributed by atoms with van der Waals surface area (Å²) in [5, 5.41) is 16.0. The van der Waals surface area contributed by atoms with Crippen molar-refractivity contribution in [2.45, 2.75) is 6.92 Å². The fourth-order valence-corrected chi connectivity index (χ4v) is 1.82. The van der Waals surface area contributed by atoms with Gasteiger partial charge in [-0.15, -0.1) is 0 Å². The monoisotopic (exact) mass is 274 g/mol. The summed E-state index contributed by atoms with van der Waals surface area (Å²) >= 11 is 0. The molecule has 0 spiro atoms. The van der Waals surface area contributed by atoms with Crippen LogP contribution in [0.2, 0.25) is 0 Å². The molecule has 0 radical (unpaired) electrons. The quantitative estimate of drug-likeness (QED) is 0.478. The summed E-state index contributed by atoms with van der Waals surface area (Å²) in [6.45, 7) is 1.75. The Morgan fingerprint density at radius 1 is 1.30 bits per heavy atom. The molecule has 7 heteroatoms. The summed E-state index contributed by atoms with van der Waals surface area (Å²) in [5.74, 6) is -0.245. The lowest BCUT2D eigenvalue weighted by Crippen LogP contribution is -2.22. The van der Waals surface area contributed by atoms with Crippen molar-refractivity contribution in [3.63, 3.8) is 0 Å². The highest BCUT2D eigenvalue weighted by Crippen LogP contribution is 2.25. The number of rotatable bonds is 3.